The fourth-order valence-electron chi connectivity index (χ4n) is 3.61. The number of hydrogen-bond donors (Lipinski definition) is 2. The molecule has 2 heterocycles. The van der Waals surface area contributed by atoms with E-state index in [1.54, 1.807) is 7.05 Å². The minimum absolute atomic E-state index is 0.326. The van der Waals surface area contributed by atoms with Gasteiger partial charge in [0.1, 0.15) is 0 Å². The Morgan fingerprint density at radius 2 is 1.97 bits per heavy atom. The molecule has 1 fully saturated rings. The van der Waals surface area contributed by atoms with Gasteiger partial charge in [0.25, 0.3) is 0 Å². The second-order valence-corrected chi connectivity index (χ2v) is 8.36. The van der Waals surface area contributed by atoms with Crippen LogP contribution in [0, 0.1) is 0 Å². The lowest BCUT2D eigenvalue weighted by atomic mass is 10.0. The number of thiazole rings is 1. The number of hydrogen-bond acceptors (Lipinski definition) is 4. The van der Waals surface area contributed by atoms with Crippen molar-refractivity contribution in [1.29, 1.82) is 0 Å². The number of guanidine groups is 1. The highest BCUT2D eigenvalue weighted by Gasteiger charge is 2.33. The van der Waals surface area contributed by atoms with Crippen molar-refractivity contribution < 1.29 is 13.2 Å². The molecule has 0 radical (unpaired) electrons. The maximum absolute atomic E-state index is 12.6. The van der Waals surface area contributed by atoms with Crippen molar-refractivity contribution >= 4 is 17.3 Å². The molecule has 30 heavy (non-hydrogen) atoms. The molecule has 1 unspecified atom stereocenters. The minimum atomic E-state index is -4.38. The molecule has 2 N–H and O–H groups in total. The van der Waals surface area contributed by atoms with Crippen molar-refractivity contribution in [3.05, 3.63) is 52.0 Å². The maximum Gasteiger partial charge on any atom is 0.434 e. The molecule has 9 heteroatoms. The summed E-state index contributed by atoms with van der Waals surface area (Å²) in [4.78, 5) is 10.4. The Balaban J connectivity index is 1.41. The Bertz CT molecular complexity index is 814. The summed E-state index contributed by atoms with van der Waals surface area (Å²) in [5, 5.41) is 8.15. The van der Waals surface area contributed by atoms with Crippen LogP contribution in [0.15, 0.2) is 40.7 Å². The van der Waals surface area contributed by atoms with Crippen molar-refractivity contribution in [3.8, 4) is 0 Å². The van der Waals surface area contributed by atoms with E-state index in [1.807, 2.05) is 6.07 Å². The summed E-state index contributed by atoms with van der Waals surface area (Å²) in [5.41, 5.74) is 0.513. The van der Waals surface area contributed by atoms with Crippen molar-refractivity contribution in [1.82, 2.24) is 20.5 Å². The highest BCUT2D eigenvalue weighted by Crippen LogP contribution is 2.30. The first-order valence-electron chi connectivity index (χ1n) is 10.1. The Labute approximate surface area is 179 Å². The smallest absolute Gasteiger partial charge is 0.356 e. The molecule has 1 aromatic carbocycles. The number of aliphatic imine (C=N–C) groups is 1. The molecule has 1 aliphatic heterocycles. The van der Waals surface area contributed by atoms with Gasteiger partial charge in [-0.3, -0.25) is 9.89 Å². The van der Waals surface area contributed by atoms with Gasteiger partial charge < -0.3 is 10.6 Å². The van der Waals surface area contributed by atoms with Crippen LogP contribution in [0.2, 0.25) is 0 Å². The number of benzene rings is 1. The van der Waals surface area contributed by atoms with Crippen LogP contribution >= 0.6 is 11.3 Å². The monoisotopic (exact) mass is 439 g/mol. The van der Waals surface area contributed by atoms with Gasteiger partial charge in [-0.25, -0.2) is 4.98 Å². The highest BCUT2D eigenvalue weighted by molar-refractivity contribution is 7.09. The quantitative estimate of drug-likeness (QED) is 0.526. The summed E-state index contributed by atoms with van der Waals surface area (Å²) >= 11 is 1.04. The minimum Gasteiger partial charge on any atom is -0.356 e. The Morgan fingerprint density at radius 1 is 1.27 bits per heavy atom. The molecule has 1 saturated heterocycles. The molecule has 3 rings (SSSR count). The van der Waals surface area contributed by atoms with Gasteiger partial charge in [-0.05, 0) is 25.3 Å². The second kappa shape index (κ2) is 10.3. The Kier molecular flexibility index (Phi) is 7.71. The van der Waals surface area contributed by atoms with Crippen LogP contribution in [0.25, 0.3) is 0 Å². The number of rotatable bonds is 6. The van der Waals surface area contributed by atoms with E-state index < -0.39 is 11.9 Å². The molecule has 0 saturated carbocycles. The van der Waals surface area contributed by atoms with E-state index >= 15 is 0 Å². The number of alkyl halides is 3. The summed E-state index contributed by atoms with van der Waals surface area (Å²) in [6, 6.07) is 11.2. The van der Waals surface area contributed by atoms with Crippen LogP contribution in [-0.4, -0.2) is 48.6 Å². The number of nitrogens with zero attached hydrogens (tertiary/aromatic N) is 3. The third-order valence-electron chi connectivity index (χ3n) is 5.40. The summed E-state index contributed by atoms with van der Waals surface area (Å²) in [6.45, 7) is 4.73. The fourth-order valence-corrected chi connectivity index (χ4v) is 4.41. The van der Waals surface area contributed by atoms with Crippen molar-refractivity contribution in [2.45, 2.75) is 44.4 Å². The highest BCUT2D eigenvalue weighted by atomic mass is 32.1. The van der Waals surface area contributed by atoms with Gasteiger partial charge in [0, 0.05) is 50.6 Å². The molecular formula is C21H28F3N5S. The van der Waals surface area contributed by atoms with Gasteiger partial charge in [-0.1, -0.05) is 30.3 Å². The van der Waals surface area contributed by atoms with Gasteiger partial charge in [0.2, 0.25) is 0 Å². The lowest BCUT2D eigenvalue weighted by Crippen LogP contribution is -2.49. The van der Waals surface area contributed by atoms with Crippen LogP contribution in [0.1, 0.15) is 42.1 Å². The first-order chi connectivity index (χ1) is 14.4. The van der Waals surface area contributed by atoms with Crippen molar-refractivity contribution in [2.24, 2.45) is 4.99 Å². The lowest BCUT2D eigenvalue weighted by Gasteiger charge is -2.37. The normalized spacial score (nSPS) is 17.7. The van der Waals surface area contributed by atoms with Crippen LogP contribution in [-0.2, 0) is 12.6 Å². The molecule has 1 atom stereocenters. The molecule has 0 amide bonds. The Hall–Kier alpha value is -2.13. The molecule has 1 aromatic heterocycles. The van der Waals surface area contributed by atoms with E-state index in [4.69, 9.17) is 0 Å². The zero-order valence-corrected chi connectivity index (χ0v) is 18.1. The average Bonchev–Trinajstić information content (AvgIpc) is 3.23. The molecule has 5 nitrogen and oxygen atoms in total. The van der Waals surface area contributed by atoms with Crippen molar-refractivity contribution in [2.75, 3.05) is 26.7 Å². The molecule has 1 aliphatic rings. The fraction of sp³-hybridized carbons (Fsp3) is 0.524. The third-order valence-corrected chi connectivity index (χ3v) is 6.31. The molecule has 164 valence electrons. The van der Waals surface area contributed by atoms with Crippen molar-refractivity contribution in [3.63, 3.8) is 0 Å². The SMILES string of the molecule is CN=C(NCCc1nc(C(F)(F)F)cs1)NC1CCN(C(C)c2ccccc2)CC1. The van der Waals surface area contributed by atoms with E-state index in [9.17, 15) is 13.2 Å². The van der Waals surface area contributed by atoms with Gasteiger partial charge in [-0.2, -0.15) is 13.2 Å². The predicted molar refractivity (Wildman–Crippen MR) is 115 cm³/mol. The molecule has 0 aliphatic carbocycles. The molecule has 0 bridgehead atoms. The number of halogens is 3. The van der Waals surface area contributed by atoms with E-state index in [1.165, 1.54) is 5.56 Å². The van der Waals surface area contributed by atoms with E-state index in [0.717, 1.165) is 42.6 Å². The average molecular weight is 440 g/mol. The summed E-state index contributed by atoms with van der Waals surface area (Å²) in [6.07, 6.45) is -1.93. The first-order valence-corrected chi connectivity index (χ1v) is 11.0. The van der Waals surface area contributed by atoms with Gasteiger partial charge in [-0.15, -0.1) is 11.3 Å². The zero-order chi connectivity index (χ0) is 21.6. The van der Waals surface area contributed by atoms with Crippen LogP contribution in [0.4, 0.5) is 13.2 Å². The number of nitrogens with one attached hydrogen (secondary N) is 2. The van der Waals surface area contributed by atoms with Crippen LogP contribution in [0.3, 0.4) is 0 Å². The maximum atomic E-state index is 12.6. The molecule has 2 aromatic rings. The van der Waals surface area contributed by atoms with Gasteiger partial charge in [0.05, 0.1) is 5.01 Å². The molecular weight excluding hydrogens is 411 g/mol. The lowest BCUT2D eigenvalue weighted by molar-refractivity contribution is -0.140. The summed E-state index contributed by atoms with van der Waals surface area (Å²) in [5.74, 6) is 0.678. The van der Waals surface area contributed by atoms with E-state index in [0.29, 0.717) is 36.0 Å². The topological polar surface area (TPSA) is 52.6 Å². The largest absolute Gasteiger partial charge is 0.434 e. The number of piperidine rings is 1. The summed E-state index contributed by atoms with van der Waals surface area (Å²) < 4.78 is 37.9. The second-order valence-electron chi connectivity index (χ2n) is 7.41. The number of likely N-dealkylation sites (tertiary alicyclic amines) is 1. The molecule has 0 spiro atoms. The van der Waals surface area contributed by atoms with Gasteiger partial charge in [0.15, 0.2) is 11.7 Å². The Morgan fingerprint density at radius 3 is 2.57 bits per heavy atom. The van der Waals surface area contributed by atoms with Gasteiger partial charge >= 0.3 is 6.18 Å². The number of aromatic nitrogens is 1. The summed E-state index contributed by atoms with van der Waals surface area (Å²) in [7, 11) is 1.70. The van der Waals surface area contributed by atoms with Crippen LogP contribution in [0.5, 0.6) is 0 Å². The zero-order valence-electron chi connectivity index (χ0n) is 17.2. The van der Waals surface area contributed by atoms with E-state index in [2.05, 4.69) is 56.7 Å². The standard InChI is InChI=1S/C21H28F3N5S/c1-15(16-6-4-3-5-7-16)29-12-9-17(10-13-29)27-20(25-2)26-11-8-19-28-18(14-30-19)21(22,23)24/h3-7,14-15,17H,8-13H2,1-2H3,(H2,25,26,27). The van der Waals surface area contributed by atoms with E-state index in [-0.39, 0.29) is 0 Å². The third kappa shape index (κ3) is 6.18. The van der Waals surface area contributed by atoms with Crippen LogP contribution < -0.4 is 10.6 Å². The predicted octanol–water partition coefficient (Wildman–Crippen LogP) is 4.10. The first kappa shape index (κ1) is 22.6.